The Bertz CT molecular complexity index is 397. The smallest absolute Gasteiger partial charge is 0.130 e. The zero-order valence-corrected chi connectivity index (χ0v) is 10.0. The van der Waals surface area contributed by atoms with Crippen LogP contribution in [0.2, 0.25) is 0 Å². The third kappa shape index (κ3) is 2.64. The standard InChI is InChI=1S/C13H17F2NO/c1-8-3-6-12(17-8)13(16-2)10-5-4-9(14)7-11(10)15/h4-5,7-8,12-13,16H,3,6H2,1-2H3. The summed E-state index contributed by atoms with van der Waals surface area (Å²) < 4.78 is 32.3. The lowest BCUT2D eigenvalue weighted by Crippen LogP contribution is -2.30. The van der Waals surface area contributed by atoms with Crippen molar-refractivity contribution in [1.29, 1.82) is 0 Å². The van der Waals surface area contributed by atoms with Crippen LogP contribution < -0.4 is 5.32 Å². The molecule has 17 heavy (non-hydrogen) atoms. The normalized spacial score (nSPS) is 26.1. The maximum absolute atomic E-state index is 13.7. The second kappa shape index (κ2) is 5.10. The van der Waals surface area contributed by atoms with Gasteiger partial charge in [0.25, 0.3) is 0 Å². The van der Waals surface area contributed by atoms with Gasteiger partial charge in [-0.05, 0) is 32.9 Å². The van der Waals surface area contributed by atoms with E-state index in [2.05, 4.69) is 5.32 Å². The van der Waals surface area contributed by atoms with E-state index in [4.69, 9.17) is 4.74 Å². The molecule has 4 heteroatoms. The zero-order valence-electron chi connectivity index (χ0n) is 10.0. The first kappa shape index (κ1) is 12.5. The number of benzene rings is 1. The van der Waals surface area contributed by atoms with E-state index >= 15 is 0 Å². The predicted octanol–water partition coefficient (Wildman–Crippen LogP) is 2.79. The van der Waals surface area contributed by atoms with E-state index in [9.17, 15) is 8.78 Å². The molecular weight excluding hydrogens is 224 g/mol. The van der Waals surface area contributed by atoms with Gasteiger partial charge in [-0.2, -0.15) is 0 Å². The molecule has 3 unspecified atom stereocenters. The van der Waals surface area contributed by atoms with Crippen LogP contribution in [-0.2, 0) is 4.74 Å². The van der Waals surface area contributed by atoms with E-state index in [1.165, 1.54) is 12.1 Å². The third-order valence-corrected chi connectivity index (χ3v) is 3.25. The second-order valence-electron chi connectivity index (χ2n) is 4.49. The minimum Gasteiger partial charge on any atom is -0.373 e. The number of ether oxygens (including phenoxy) is 1. The molecular formula is C13H17F2NO. The van der Waals surface area contributed by atoms with Crippen LogP contribution in [0.4, 0.5) is 8.78 Å². The van der Waals surface area contributed by atoms with Gasteiger partial charge >= 0.3 is 0 Å². The Morgan fingerprint density at radius 2 is 2.12 bits per heavy atom. The van der Waals surface area contributed by atoms with Crippen LogP contribution in [0.5, 0.6) is 0 Å². The van der Waals surface area contributed by atoms with Crippen LogP contribution >= 0.6 is 0 Å². The van der Waals surface area contributed by atoms with Gasteiger partial charge in [-0.15, -0.1) is 0 Å². The van der Waals surface area contributed by atoms with Crippen molar-refractivity contribution in [2.75, 3.05) is 7.05 Å². The second-order valence-corrected chi connectivity index (χ2v) is 4.49. The van der Waals surface area contributed by atoms with Gasteiger partial charge in [0.2, 0.25) is 0 Å². The van der Waals surface area contributed by atoms with Gasteiger partial charge in [-0.3, -0.25) is 0 Å². The lowest BCUT2D eigenvalue weighted by molar-refractivity contribution is 0.0325. The van der Waals surface area contributed by atoms with Crippen molar-refractivity contribution in [3.63, 3.8) is 0 Å². The Kier molecular flexibility index (Phi) is 3.74. The number of nitrogens with one attached hydrogen (secondary N) is 1. The molecule has 0 saturated carbocycles. The molecule has 1 aromatic rings. The fraction of sp³-hybridized carbons (Fsp3) is 0.538. The molecule has 3 atom stereocenters. The lowest BCUT2D eigenvalue weighted by Gasteiger charge is -2.24. The summed E-state index contributed by atoms with van der Waals surface area (Å²) in [6.45, 7) is 2.01. The van der Waals surface area contributed by atoms with Crippen molar-refractivity contribution in [2.24, 2.45) is 0 Å². The minimum atomic E-state index is -0.554. The monoisotopic (exact) mass is 241 g/mol. The highest BCUT2D eigenvalue weighted by Gasteiger charge is 2.31. The molecule has 0 bridgehead atoms. The van der Waals surface area contributed by atoms with Crippen molar-refractivity contribution in [3.8, 4) is 0 Å². The molecule has 1 aromatic carbocycles. The van der Waals surface area contributed by atoms with Gasteiger partial charge in [0, 0.05) is 11.6 Å². The van der Waals surface area contributed by atoms with E-state index in [-0.39, 0.29) is 18.2 Å². The van der Waals surface area contributed by atoms with Crippen LogP contribution in [0.15, 0.2) is 18.2 Å². The van der Waals surface area contributed by atoms with Crippen molar-refractivity contribution < 1.29 is 13.5 Å². The van der Waals surface area contributed by atoms with Gasteiger partial charge in [0.15, 0.2) is 0 Å². The fourth-order valence-electron chi connectivity index (χ4n) is 2.37. The van der Waals surface area contributed by atoms with Gasteiger partial charge in [-0.1, -0.05) is 6.07 Å². The van der Waals surface area contributed by atoms with E-state index in [0.29, 0.717) is 5.56 Å². The molecule has 2 nitrogen and oxygen atoms in total. The maximum atomic E-state index is 13.7. The highest BCUT2D eigenvalue weighted by atomic mass is 19.1. The Hall–Kier alpha value is -1.00. The van der Waals surface area contributed by atoms with E-state index < -0.39 is 11.6 Å². The third-order valence-electron chi connectivity index (χ3n) is 3.25. The summed E-state index contributed by atoms with van der Waals surface area (Å²) >= 11 is 0. The summed E-state index contributed by atoms with van der Waals surface area (Å²) in [5.41, 5.74) is 0.466. The molecule has 1 aliphatic heterocycles. The summed E-state index contributed by atoms with van der Waals surface area (Å²) in [6, 6.07) is 3.46. The molecule has 1 fully saturated rings. The Morgan fingerprint density at radius 3 is 2.65 bits per heavy atom. The average molecular weight is 241 g/mol. The van der Waals surface area contributed by atoms with Crippen molar-refractivity contribution >= 4 is 0 Å². The molecule has 0 aliphatic carbocycles. The van der Waals surface area contributed by atoms with E-state index in [0.717, 1.165) is 18.9 Å². The molecule has 1 aliphatic rings. The van der Waals surface area contributed by atoms with Crippen molar-refractivity contribution in [3.05, 3.63) is 35.4 Å². The fourth-order valence-corrected chi connectivity index (χ4v) is 2.37. The number of halogens is 2. The molecule has 0 aromatic heterocycles. The highest BCUT2D eigenvalue weighted by molar-refractivity contribution is 5.23. The van der Waals surface area contributed by atoms with Crippen LogP contribution in [0.25, 0.3) is 0 Å². The van der Waals surface area contributed by atoms with E-state index in [1.807, 2.05) is 6.92 Å². The van der Waals surface area contributed by atoms with Crippen LogP contribution in [-0.4, -0.2) is 19.3 Å². The van der Waals surface area contributed by atoms with Crippen molar-refractivity contribution in [1.82, 2.24) is 5.32 Å². The van der Waals surface area contributed by atoms with E-state index in [1.54, 1.807) is 7.05 Å². The first-order valence-electron chi connectivity index (χ1n) is 5.89. The molecule has 0 amide bonds. The summed E-state index contributed by atoms with van der Waals surface area (Å²) in [5, 5.41) is 3.05. The quantitative estimate of drug-likeness (QED) is 0.878. The summed E-state index contributed by atoms with van der Waals surface area (Å²) in [5.74, 6) is -1.07. The molecule has 0 radical (unpaired) electrons. The number of hydrogen-bond donors (Lipinski definition) is 1. The first-order valence-corrected chi connectivity index (χ1v) is 5.89. The molecule has 1 N–H and O–H groups in total. The minimum absolute atomic E-state index is 0.0463. The van der Waals surface area contributed by atoms with Gasteiger partial charge in [0.1, 0.15) is 11.6 Å². The number of likely N-dealkylation sites (N-methyl/N-ethyl adjacent to an activating group) is 1. The average Bonchev–Trinajstić information content (AvgIpc) is 2.69. The molecule has 1 heterocycles. The van der Waals surface area contributed by atoms with Crippen LogP contribution in [0.1, 0.15) is 31.4 Å². The summed E-state index contributed by atoms with van der Waals surface area (Å²) in [4.78, 5) is 0. The summed E-state index contributed by atoms with van der Waals surface area (Å²) in [6.07, 6.45) is 2.03. The number of rotatable bonds is 3. The topological polar surface area (TPSA) is 21.3 Å². The molecule has 94 valence electrons. The lowest BCUT2D eigenvalue weighted by atomic mass is 9.98. The molecule has 2 rings (SSSR count). The molecule has 0 spiro atoms. The highest BCUT2D eigenvalue weighted by Crippen LogP contribution is 2.31. The Balaban J connectivity index is 2.23. The predicted molar refractivity (Wildman–Crippen MR) is 61.7 cm³/mol. The Labute approximate surface area is 100.0 Å². The molecule has 1 saturated heterocycles. The van der Waals surface area contributed by atoms with Crippen molar-refractivity contribution in [2.45, 2.75) is 38.0 Å². The van der Waals surface area contributed by atoms with Crippen LogP contribution in [0, 0.1) is 11.6 Å². The van der Waals surface area contributed by atoms with Crippen LogP contribution in [0.3, 0.4) is 0 Å². The van der Waals surface area contributed by atoms with Gasteiger partial charge in [0.05, 0.1) is 18.2 Å². The largest absolute Gasteiger partial charge is 0.373 e. The Morgan fingerprint density at radius 1 is 1.35 bits per heavy atom. The first-order chi connectivity index (χ1) is 8.11. The zero-order chi connectivity index (χ0) is 12.4. The van der Waals surface area contributed by atoms with Gasteiger partial charge in [-0.25, -0.2) is 8.78 Å². The number of hydrogen-bond acceptors (Lipinski definition) is 2. The maximum Gasteiger partial charge on any atom is 0.130 e. The van der Waals surface area contributed by atoms with Gasteiger partial charge < -0.3 is 10.1 Å². The summed E-state index contributed by atoms with van der Waals surface area (Å²) in [7, 11) is 1.76. The SMILES string of the molecule is CNC(c1ccc(F)cc1F)C1CCC(C)O1.